The fourth-order valence-electron chi connectivity index (χ4n) is 3.98. The van der Waals surface area contributed by atoms with Crippen LogP contribution in [0.4, 0.5) is 0 Å². The van der Waals surface area contributed by atoms with Crippen LogP contribution >= 0.6 is 0 Å². The second-order valence-electron chi connectivity index (χ2n) is 6.26. The molecule has 0 fully saturated rings. The minimum Gasteiger partial charge on any atom is -0.361 e. The standard InChI is InChI=1S/C20H14N4/c1-5-23-19-11(1)9-15-13(3-7-21-15)17(19)18-14-4-8-22-16(14)10-12-2-6-24-20(12)18/h1-10,21-24H. The predicted molar refractivity (Wildman–Crippen MR) is 99.3 cm³/mol. The zero-order chi connectivity index (χ0) is 15.7. The molecule has 0 radical (unpaired) electrons. The average Bonchev–Trinajstić information content (AvgIpc) is 3.34. The van der Waals surface area contributed by atoms with Crippen molar-refractivity contribution in [1.82, 2.24) is 19.9 Å². The number of hydrogen-bond acceptors (Lipinski definition) is 0. The summed E-state index contributed by atoms with van der Waals surface area (Å²) in [5.41, 5.74) is 7.14. The molecule has 0 aliphatic carbocycles. The number of aromatic amines is 4. The van der Waals surface area contributed by atoms with Crippen LogP contribution < -0.4 is 0 Å². The lowest BCUT2D eigenvalue weighted by atomic mass is 9.94. The highest BCUT2D eigenvalue weighted by Gasteiger charge is 2.18. The predicted octanol–water partition coefficient (Wildman–Crippen LogP) is 5.28. The van der Waals surface area contributed by atoms with Crippen molar-refractivity contribution in [2.75, 3.05) is 0 Å². The number of hydrogen-bond donors (Lipinski definition) is 4. The van der Waals surface area contributed by atoms with E-state index in [2.05, 4.69) is 56.3 Å². The number of rotatable bonds is 1. The van der Waals surface area contributed by atoms with Crippen molar-refractivity contribution < 1.29 is 0 Å². The van der Waals surface area contributed by atoms with Crippen LogP contribution in [0.25, 0.3) is 54.7 Å². The van der Waals surface area contributed by atoms with E-state index in [1.165, 1.54) is 43.7 Å². The maximum absolute atomic E-state index is 3.44. The second-order valence-corrected chi connectivity index (χ2v) is 6.26. The van der Waals surface area contributed by atoms with Crippen molar-refractivity contribution in [2.24, 2.45) is 0 Å². The summed E-state index contributed by atoms with van der Waals surface area (Å²) in [5, 5.41) is 4.89. The molecule has 0 atom stereocenters. The van der Waals surface area contributed by atoms with Gasteiger partial charge in [0.1, 0.15) is 0 Å². The van der Waals surface area contributed by atoms with E-state index in [1.807, 2.05) is 24.8 Å². The van der Waals surface area contributed by atoms with Gasteiger partial charge in [0.25, 0.3) is 0 Å². The molecule has 114 valence electrons. The van der Waals surface area contributed by atoms with Crippen LogP contribution in [0.15, 0.2) is 61.2 Å². The number of benzene rings is 2. The first-order chi connectivity index (χ1) is 11.9. The Labute approximate surface area is 136 Å². The van der Waals surface area contributed by atoms with Crippen LogP contribution in [0.3, 0.4) is 0 Å². The van der Waals surface area contributed by atoms with Crippen LogP contribution in [0.5, 0.6) is 0 Å². The van der Waals surface area contributed by atoms with E-state index in [0.717, 1.165) is 11.0 Å². The molecule has 0 saturated heterocycles. The number of fused-ring (bicyclic) bond motifs is 4. The third-order valence-electron chi connectivity index (χ3n) is 5.00. The lowest BCUT2D eigenvalue weighted by Crippen LogP contribution is -1.87. The Balaban J connectivity index is 1.95. The van der Waals surface area contributed by atoms with Crippen LogP contribution in [0.1, 0.15) is 0 Å². The Morgan fingerprint density at radius 2 is 0.958 bits per heavy atom. The molecule has 0 spiro atoms. The van der Waals surface area contributed by atoms with Gasteiger partial charge >= 0.3 is 0 Å². The van der Waals surface area contributed by atoms with E-state index >= 15 is 0 Å². The van der Waals surface area contributed by atoms with Crippen LogP contribution in [0.2, 0.25) is 0 Å². The number of H-pyrrole nitrogens is 4. The van der Waals surface area contributed by atoms with Crippen molar-refractivity contribution in [3.05, 3.63) is 61.2 Å². The molecule has 0 bridgehead atoms. The van der Waals surface area contributed by atoms with Gasteiger partial charge in [0, 0.05) is 68.5 Å². The Hall–Kier alpha value is -3.40. The summed E-state index contributed by atoms with van der Waals surface area (Å²) < 4.78 is 0. The highest BCUT2D eigenvalue weighted by Crippen LogP contribution is 2.42. The molecule has 0 saturated carbocycles. The van der Waals surface area contributed by atoms with Gasteiger partial charge in [0.05, 0.1) is 11.0 Å². The van der Waals surface area contributed by atoms with Crippen molar-refractivity contribution in [3.8, 4) is 11.1 Å². The second kappa shape index (κ2) is 4.11. The summed E-state index contributed by atoms with van der Waals surface area (Å²) in [6.45, 7) is 0. The fourth-order valence-corrected chi connectivity index (χ4v) is 3.98. The van der Waals surface area contributed by atoms with Gasteiger partial charge in [-0.3, -0.25) is 0 Å². The molecule has 0 amide bonds. The van der Waals surface area contributed by atoms with Crippen LogP contribution in [-0.4, -0.2) is 19.9 Å². The molecule has 6 rings (SSSR count). The quantitative estimate of drug-likeness (QED) is 0.319. The summed E-state index contributed by atoms with van der Waals surface area (Å²) in [6.07, 6.45) is 8.04. The van der Waals surface area contributed by atoms with E-state index in [0.29, 0.717) is 0 Å². The molecule has 4 aromatic heterocycles. The normalized spacial score (nSPS) is 12.2. The van der Waals surface area contributed by atoms with E-state index in [-0.39, 0.29) is 0 Å². The molecule has 0 unspecified atom stereocenters. The van der Waals surface area contributed by atoms with Gasteiger partial charge in [-0.05, 0) is 36.4 Å². The molecular weight excluding hydrogens is 296 g/mol. The Kier molecular flexibility index (Phi) is 2.07. The third kappa shape index (κ3) is 1.38. The van der Waals surface area contributed by atoms with Gasteiger partial charge in [-0.1, -0.05) is 0 Å². The molecule has 4 heteroatoms. The summed E-state index contributed by atoms with van der Waals surface area (Å²) in [6, 6.07) is 13.0. The van der Waals surface area contributed by atoms with Gasteiger partial charge in [0.15, 0.2) is 0 Å². The van der Waals surface area contributed by atoms with Crippen LogP contribution in [0, 0.1) is 0 Å². The van der Waals surface area contributed by atoms with Gasteiger partial charge in [0.2, 0.25) is 0 Å². The molecule has 4 N–H and O–H groups in total. The van der Waals surface area contributed by atoms with Gasteiger partial charge in [-0.15, -0.1) is 0 Å². The van der Waals surface area contributed by atoms with E-state index in [1.54, 1.807) is 0 Å². The molecule has 0 aliphatic heterocycles. The molecule has 2 aromatic carbocycles. The molecule has 4 heterocycles. The van der Waals surface area contributed by atoms with E-state index in [4.69, 9.17) is 0 Å². The van der Waals surface area contributed by atoms with Crippen molar-refractivity contribution in [2.45, 2.75) is 0 Å². The lowest BCUT2D eigenvalue weighted by Gasteiger charge is -2.10. The zero-order valence-electron chi connectivity index (χ0n) is 12.8. The van der Waals surface area contributed by atoms with Gasteiger partial charge in [-0.2, -0.15) is 0 Å². The summed E-state index contributed by atoms with van der Waals surface area (Å²) in [5.74, 6) is 0. The third-order valence-corrected chi connectivity index (χ3v) is 5.00. The topological polar surface area (TPSA) is 63.2 Å². The molecule has 6 aromatic rings. The largest absolute Gasteiger partial charge is 0.361 e. The number of aromatic nitrogens is 4. The van der Waals surface area contributed by atoms with Crippen molar-refractivity contribution in [1.29, 1.82) is 0 Å². The SMILES string of the molecule is c1cc2c(-c3c4cc[nH]c4cc4cc[nH]c34)c3[nH]ccc3cc2[nH]1. The highest BCUT2D eigenvalue weighted by molar-refractivity contribution is 6.21. The zero-order valence-corrected chi connectivity index (χ0v) is 12.8. The fraction of sp³-hybridized carbons (Fsp3) is 0. The average molecular weight is 310 g/mol. The minimum absolute atomic E-state index is 1.16. The summed E-state index contributed by atoms with van der Waals surface area (Å²) in [4.78, 5) is 13.6. The molecule has 24 heavy (non-hydrogen) atoms. The maximum atomic E-state index is 3.44. The maximum Gasteiger partial charge on any atom is 0.0542 e. The Morgan fingerprint density at radius 1 is 0.500 bits per heavy atom. The van der Waals surface area contributed by atoms with E-state index < -0.39 is 0 Å². The number of nitrogens with one attached hydrogen (secondary N) is 4. The first kappa shape index (κ1) is 12.1. The lowest BCUT2D eigenvalue weighted by molar-refractivity contribution is 1.46. The Morgan fingerprint density at radius 3 is 1.46 bits per heavy atom. The molecule has 0 aliphatic rings. The highest BCUT2D eigenvalue weighted by atomic mass is 14.7. The molecular formula is C20H14N4. The van der Waals surface area contributed by atoms with Gasteiger partial charge in [-0.25, -0.2) is 0 Å². The first-order valence-corrected chi connectivity index (χ1v) is 8.05. The smallest absolute Gasteiger partial charge is 0.0542 e. The van der Waals surface area contributed by atoms with E-state index in [9.17, 15) is 0 Å². The molecule has 4 nitrogen and oxygen atoms in total. The first-order valence-electron chi connectivity index (χ1n) is 8.05. The Bertz CT molecular complexity index is 1150. The van der Waals surface area contributed by atoms with Crippen molar-refractivity contribution in [3.63, 3.8) is 0 Å². The summed E-state index contributed by atoms with van der Waals surface area (Å²) >= 11 is 0. The van der Waals surface area contributed by atoms with Crippen molar-refractivity contribution >= 4 is 43.6 Å². The van der Waals surface area contributed by atoms with Crippen LogP contribution in [-0.2, 0) is 0 Å². The summed E-state index contributed by atoms with van der Waals surface area (Å²) in [7, 11) is 0. The minimum atomic E-state index is 1.16. The van der Waals surface area contributed by atoms with Gasteiger partial charge < -0.3 is 19.9 Å². The monoisotopic (exact) mass is 310 g/mol.